The summed E-state index contributed by atoms with van der Waals surface area (Å²) in [6.07, 6.45) is 0. The molecular formula is C111H74N6O. The molecule has 22 rings (SSSR count). The predicted molar refractivity (Wildman–Crippen MR) is 489 cm³/mol. The van der Waals surface area contributed by atoms with Crippen molar-refractivity contribution < 1.29 is 4.79 Å². The number of carbonyl (C=O) groups excluding carboxylic acids is 1. The van der Waals surface area contributed by atoms with Crippen LogP contribution in [0.5, 0.6) is 0 Å². The minimum atomic E-state index is 0.0742. The third kappa shape index (κ3) is 13.1. The van der Waals surface area contributed by atoms with E-state index in [2.05, 4.69) is 339 Å². The second-order valence-corrected chi connectivity index (χ2v) is 29.2. The average Bonchev–Trinajstić information content (AvgIpc) is 1.69. The van der Waals surface area contributed by atoms with Gasteiger partial charge in [-0.2, -0.15) is 0 Å². The number of ketones is 1. The monoisotopic (exact) mass is 1510 g/mol. The first-order valence-electron chi connectivity index (χ1n) is 39.8. The van der Waals surface area contributed by atoms with Crippen LogP contribution < -0.4 is 0 Å². The fourth-order valence-corrected chi connectivity index (χ4v) is 17.1. The predicted octanol–water partition coefficient (Wildman–Crippen LogP) is 27.1. The fraction of sp³-hybridized carbons (Fsp3) is 0. The molecular weight excluding hydrogens is 1430 g/mol. The third-order valence-corrected chi connectivity index (χ3v) is 22.1. The topological polar surface area (TPSA) is 61.5 Å². The average molecular weight is 1510 g/mol. The second kappa shape index (κ2) is 31.5. The highest BCUT2D eigenvalue weighted by Gasteiger charge is 2.36. The SMILES string of the molecule is C(#Cc1cccc(-n2c3ccccc3n3c4ccccc4nc23)c1)c1ccccc1.O=C1C(c2ccccc2)=C(c2ccccc2)C(c2ccccc2)=C1c1ccccc1.c1ccc(-c2c(-c3ccccc3)c(-c3ccccc3)c(-c3cccc(-n4c5ccccc5n5c6ccccc6nc45)c3)c(-c3ccccc3)c2-c2ccccc2)cc1. The molecule has 17 aromatic carbocycles. The number of benzene rings is 17. The maximum atomic E-state index is 14.0. The Kier molecular flexibility index (Phi) is 19.0. The highest BCUT2D eigenvalue weighted by Crippen LogP contribution is 2.57. The van der Waals surface area contributed by atoms with Gasteiger partial charge in [-0.15, -0.1) is 0 Å². The van der Waals surface area contributed by atoms with Crippen molar-refractivity contribution in [2.24, 2.45) is 0 Å². The van der Waals surface area contributed by atoms with Crippen LogP contribution in [-0.4, -0.2) is 33.7 Å². The molecule has 4 aromatic heterocycles. The lowest BCUT2D eigenvalue weighted by Gasteiger charge is -2.29. The molecule has 7 heteroatoms. The van der Waals surface area contributed by atoms with E-state index in [0.29, 0.717) is 0 Å². The lowest BCUT2D eigenvalue weighted by molar-refractivity contribution is -0.108. The highest BCUT2D eigenvalue weighted by molar-refractivity contribution is 6.59. The molecule has 0 fully saturated rings. The molecule has 21 aromatic rings. The molecule has 0 radical (unpaired) electrons. The summed E-state index contributed by atoms with van der Waals surface area (Å²) < 4.78 is 9.05. The number of para-hydroxylation sites is 8. The van der Waals surface area contributed by atoms with E-state index in [-0.39, 0.29) is 5.78 Å². The van der Waals surface area contributed by atoms with E-state index >= 15 is 0 Å². The summed E-state index contributed by atoms with van der Waals surface area (Å²) in [5, 5.41) is 0. The number of nitrogens with zero attached hydrogens (tertiary/aromatic N) is 6. The lowest BCUT2D eigenvalue weighted by Crippen LogP contribution is -2.02. The van der Waals surface area contributed by atoms with Crippen LogP contribution in [0.4, 0.5) is 0 Å². The van der Waals surface area contributed by atoms with Crippen molar-refractivity contribution in [3.05, 3.63) is 482 Å². The molecule has 0 atom stereocenters. The molecule has 554 valence electrons. The zero-order valence-corrected chi connectivity index (χ0v) is 64.3. The van der Waals surface area contributed by atoms with Crippen LogP contribution in [0.15, 0.2) is 449 Å². The minimum Gasteiger partial charge on any atom is -0.289 e. The van der Waals surface area contributed by atoms with Gasteiger partial charge in [-0.1, -0.05) is 370 Å². The Bertz CT molecular complexity index is 7220. The summed E-state index contributed by atoms with van der Waals surface area (Å²) in [5.41, 5.74) is 34.4. The van der Waals surface area contributed by atoms with Gasteiger partial charge in [0.25, 0.3) is 0 Å². The van der Waals surface area contributed by atoms with Gasteiger partial charge in [-0.25, -0.2) is 9.97 Å². The maximum Gasteiger partial charge on any atom is 0.220 e. The summed E-state index contributed by atoms with van der Waals surface area (Å²) in [6, 6.07) is 156. The van der Waals surface area contributed by atoms with Gasteiger partial charge in [0, 0.05) is 39.1 Å². The Morgan fingerprint density at radius 3 is 0.797 bits per heavy atom. The third-order valence-electron chi connectivity index (χ3n) is 22.1. The number of fused-ring (bicyclic) bond motifs is 10. The first-order chi connectivity index (χ1) is 58.6. The van der Waals surface area contributed by atoms with Gasteiger partial charge >= 0.3 is 0 Å². The van der Waals surface area contributed by atoms with E-state index in [1.165, 1.54) is 38.9 Å². The molecule has 1 aliphatic rings. The van der Waals surface area contributed by atoms with E-state index in [1.54, 1.807) is 0 Å². The molecule has 0 saturated carbocycles. The first kappa shape index (κ1) is 71.1. The number of rotatable bonds is 12. The number of aromatic nitrogens is 6. The van der Waals surface area contributed by atoms with Crippen molar-refractivity contribution in [3.8, 4) is 90.0 Å². The molecule has 4 heterocycles. The molecule has 0 spiro atoms. The van der Waals surface area contributed by atoms with E-state index in [9.17, 15) is 4.79 Å². The van der Waals surface area contributed by atoms with Crippen molar-refractivity contribution in [1.82, 2.24) is 27.9 Å². The molecule has 0 bridgehead atoms. The standard InChI is InChI=1S/C55H37N3.C29H20O.C27H17N3/c1-6-21-38(22-7-1)49-50(39-23-8-2-9-24-39)52(41-27-12-4-13-28-41)54(53(42-29-14-5-15-30-42)51(49)40-25-10-3-11-26-40)43-31-20-32-44(37-43)57-47-35-18-19-36-48(47)58-46-34-17-16-33-45(46)56-55(57)58;30-29-27(23-17-9-3-10-18-23)25(21-13-5-1-6-14-21)26(22-15-7-2-8-16-22)28(29)24-19-11-4-12-20-24;1-2-9-20(10-3-1)17-18-21-11-8-12-22(19-21)29-25-15-6-7-16-26(25)30-24-14-5-4-13-23(24)28-27(29)30/h1-37H;1-20H;1-16,19H. The number of carbonyl (C=O) groups is 1. The molecule has 1 aliphatic carbocycles. The number of Topliss-reactive ketones (excluding diaryl/α,β-unsaturated/α-hetero) is 1. The number of hydrogen-bond acceptors (Lipinski definition) is 3. The number of imidazole rings is 4. The normalized spacial score (nSPS) is 11.9. The minimum absolute atomic E-state index is 0.0742. The van der Waals surface area contributed by atoms with E-state index < -0.39 is 0 Å². The van der Waals surface area contributed by atoms with Gasteiger partial charge in [0.05, 0.1) is 49.8 Å². The molecule has 7 nitrogen and oxygen atoms in total. The number of hydrogen-bond donors (Lipinski definition) is 0. The van der Waals surface area contributed by atoms with Crippen LogP contribution in [0.25, 0.3) is 156 Å². The maximum absolute atomic E-state index is 14.0. The summed E-state index contributed by atoms with van der Waals surface area (Å²) in [6.45, 7) is 0. The Balaban J connectivity index is 0.000000125. The van der Waals surface area contributed by atoms with Gasteiger partial charge in [-0.05, 0) is 180 Å². The van der Waals surface area contributed by atoms with Crippen molar-refractivity contribution in [2.45, 2.75) is 0 Å². The lowest BCUT2D eigenvalue weighted by atomic mass is 9.74. The van der Waals surface area contributed by atoms with E-state index in [4.69, 9.17) is 9.97 Å². The Morgan fingerprint density at radius 1 is 0.195 bits per heavy atom. The van der Waals surface area contributed by atoms with Crippen LogP contribution in [0.3, 0.4) is 0 Å². The second-order valence-electron chi connectivity index (χ2n) is 29.2. The Labute approximate surface area is 684 Å². The molecule has 0 saturated heterocycles. The first-order valence-corrected chi connectivity index (χ1v) is 39.8. The Hall–Kier alpha value is -16.0. The van der Waals surface area contributed by atoms with Gasteiger partial charge in [0.1, 0.15) is 0 Å². The largest absolute Gasteiger partial charge is 0.289 e. The van der Waals surface area contributed by atoms with Crippen LogP contribution in [0.1, 0.15) is 33.4 Å². The smallest absolute Gasteiger partial charge is 0.220 e. The molecule has 0 unspecified atom stereocenters. The quantitative estimate of drug-likeness (QED) is 0.115. The molecule has 0 aliphatic heterocycles. The number of allylic oxidation sites excluding steroid dienone is 4. The fourth-order valence-electron chi connectivity index (χ4n) is 17.1. The van der Waals surface area contributed by atoms with Crippen LogP contribution in [-0.2, 0) is 4.79 Å². The highest BCUT2D eigenvalue weighted by atomic mass is 16.1. The summed E-state index contributed by atoms with van der Waals surface area (Å²) in [4.78, 5) is 24.1. The van der Waals surface area contributed by atoms with Gasteiger partial charge in [0.15, 0.2) is 5.78 Å². The van der Waals surface area contributed by atoms with Crippen LogP contribution >= 0.6 is 0 Å². The van der Waals surface area contributed by atoms with Crippen molar-refractivity contribution in [2.75, 3.05) is 0 Å². The zero-order valence-electron chi connectivity index (χ0n) is 64.3. The summed E-state index contributed by atoms with van der Waals surface area (Å²) in [5.74, 6) is 8.42. The van der Waals surface area contributed by atoms with Gasteiger partial charge in [-0.3, -0.25) is 22.7 Å². The van der Waals surface area contributed by atoms with Crippen molar-refractivity contribution in [3.63, 3.8) is 0 Å². The van der Waals surface area contributed by atoms with Gasteiger partial charge in [0.2, 0.25) is 11.6 Å². The van der Waals surface area contributed by atoms with E-state index in [1.807, 2.05) is 140 Å². The van der Waals surface area contributed by atoms with Crippen LogP contribution in [0.2, 0.25) is 0 Å². The summed E-state index contributed by atoms with van der Waals surface area (Å²) >= 11 is 0. The molecule has 0 N–H and O–H groups in total. The Morgan fingerprint density at radius 2 is 0.441 bits per heavy atom. The summed E-state index contributed by atoms with van der Waals surface area (Å²) in [7, 11) is 0. The van der Waals surface area contributed by atoms with Crippen molar-refractivity contribution >= 4 is 83.8 Å². The van der Waals surface area contributed by atoms with Gasteiger partial charge < -0.3 is 0 Å². The van der Waals surface area contributed by atoms with E-state index in [0.717, 1.165) is 151 Å². The molecule has 0 amide bonds. The van der Waals surface area contributed by atoms with Crippen LogP contribution in [0, 0.1) is 11.8 Å². The zero-order chi connectivity index (χ0) is 78.7. The molecule has 118 heavy (non-hydrogen) atoms. The van der Waals surface area contributed by atoms with Crippen molar-refractivity contribution in [1.29, 1.82) is 0 Å².